The molecule has 1 aromatic heterocycles. The number of fused-ring (bicyclic) bond motifs is 1. The number of aliphatic carboxylic acids is 1. The van der Waals surface area contributed by atoms with Crippen molar-refractivity contribution >= 4 is 50.5 Å². The molecule has 0 bridgehead atoms. The van der Waals surface area contributed by atoms with Crippen molar-refractivity contribution < 1.29 is 27.9 Å². The maximum Gasteiger partial charge on any atom is 0.490 e. The van der Waals surface area contributed by atoms with Gasteiger partial charge in [0.2, 0.25) is 0 Å². The molecular formula is C25H25BrF3N5O3. The van der Waals surface area contributed by atoms with Gasteiger partial charge in [-0.3, -0.25) is 4.79 Å². The van der Waals surface area contributed by atoms with Crippen molar-refractivity contribution in [3.63, 3.8) is 0 Å². The molecule has 37 heavy (non-hydrogen) atoms. The van der Waals surface area contributed by atoms with Gasteiger partial charge < -0.3 is 20.2 Å². The van der Waals surface area contributed by atoms with E-state index in [0.717, 1.165) is 51.4 Å². The topological polar surface area (TPSA) is 98.7 Å². The molecule has 0 unspecified atom stereocenters. The molecule has 1 saturated carbocycles. The van der Waals surface area contributed by atoms with Crippen LogP contribution < -0.4 is 10.2 Å². The highest BCUT2D eigenvalue weighted by molar-refractivity contribution is 9.10. The number of benzene rings is 2. The molecule has 1 saturated heterocycles. The van der Waals surface area contributed by atoms with Crippen LogP contribution in [0.25, 0.3) is 11.0 Å². The zero-order chi connectivity index (χ0) is 26.7. The van der Waals surface area contributed by atoms with Crippen LogP contribution in [0.2, 0.25) is 0 Å². The Bertz CT molecular complexity index is 1310. The lowest BCUT2D eigenvalue weighted by Gasteiger charge is -2.36. The van der Waals surface area contributed by atoms with Gasteiger partial charge in [-0.25, -0.2) is 14.8 Å². The van der Waals surface area contributed by atoms with Crippen LogP contribution in [0.3, 0.4) is 0 Å². The molecule has 0 atom stereocenters. The van der Waals surface area contributed by atoms with Gasteiger partial charge in [0, 0.05) is 36.7 Å². The lowest BCUT2D eigenvalue weighted by atomic mass is 10.1. The highest BCUT2D eigenvalue weighted by atomic mass is 79.9. The summed E-state index contributed by atoms with van der Waals surface area (Å²) in [5.41, 5.74) is 3.66. The van der Waals surface area contributed by atoms with Crippen LogP contribution in [-0.4, -0.2) is 70.2 Å². The third-order valence-corrected chi connectivity index (χ3v) is 6.59. The highest BCUT2D eigenvalue weighted by Crippen LogP contribution is 2.31. The molecule has 8 nitrogen and oxygen atoms in total. The van der Waals surface area contributed by atoms with E-state index in [2.05, 4.69) is 26.1 Å². The van der Waals surface area contributed by atoms with Gasteiger partial charge in [0.05, 0.1) is 16.6 Å². The van der Waals surface area contributed by atoms with Crippen molar-refractivity contribution in [3.05, 3.63) is 58.1 Å². The summed E-state index contributed by atoms with van der Waals surface area (Å²) < 4.78 is 32.6. The van der Waals surface area contributed by atoms with Gasteiger partial charge in [0.25, 0.3) is 5.91 Å². The minimum Gasteiger partial charge on any atom is -0.475 e. The average Bonchev–Trinajstić information content (AvgIpc) is 3.67. The summed E-state index contributed by atoms with van der Waals surface area (Å²) in [5.74, 6) is -0.934. The first-order valence-electron chi connectivity index (χ1n) is 11.7. The SMILES string of the molecule is Cc1ccc(C(=O)N2CCN(c3nc4ccccc4nc3NC3CC3)CC2)c(Br)c1.O=C(O)C(F)(F)F. The van der Waals surface area contributed by atoms with E-state index in [1.54, 1.807) is 0 Å². The summed E-state index contributed by atoms with van der Waals surface area (Å²) in [7, 11) is 0. The van der Waals surface area contributed by atoms with E-state index in [1.165, 1.54) is 12.8 Å². The molecule has 5 rings (SSSR count). The number of hydrogen-bond donors (Lipinski definition) is 2. The maximum absolute atomic E-state index is 13.0. The summed E-state index contributed by atoms with van der Waals surface area (Å²) in [5, 5.41) is 10.7. The van der Waals surface area contributed by atoms with Crippen LogP contribution in [0.5, 0.6) is 0 Å². The lowest BCUT2D eigenvalue weighted by Crippen LogP contribution is -2.49. The Morgan fingerprint density at radius 1 is 1.03 bits per heavy atom. The smallest absolute Gasteiger partial charge is 0.475 e. The number of piperazine rings is 1. The van der Waals surface area contributed by atoms with Crippen LogP contribution in [0, 0.1) is 6.92 Å². The van der Waals surface area contributed by atoms with Crippen molar-refractivity contribution in [2.45, 2.75) is 32.0 Å². The first-order valence-corrected chi connectivity index (χ1v) is 12.5. The Labute approximate surface area is 219 Å². The van der Waals surface area contributed by atoms with Gasteiger partial charge in [-0.2, -0.15) is 13.2 Å². The summed E-state index contributed by atoms with van der Waals surface area (Å²) >= 11 is 3.54. The normalized spacial score (nSPS) is 15.7. The summed E-state index contributed by atoms with van der Waals surface area (Å²) in [6, 6.07) is 14.4. The van der Waals surface area contributed by atoms with Crippen LogP contribution in [0.15, 0.2) is 46.9 Å². The number of halogens is 4. The van der Waals surface area contributed by atoms with Crippen LogP contribution in [0.1, 0.15) is 28.8 Å². The van der Waals surface area contributed by atoms with Crippen LogP contribution in [-0.2, 0) is 4.79 Å². The predicted octanol–water partition coefficient (Wildman–Crippen LogP) is 4.87. The number of aryl methyl sites for hydroxylation is 1. The second-order valence-corrected chi connectivity index (χ2v) is 9.72. The number of nitrogens with zero attached hydrogens (tertiary/aromatic N) is 4. The van der Waals surface area contributed by atoms with E-state index in [4.69, 9.17) is 19.9 Å². The predicted molar refractivity (Wildman–Crippen MR) is 137 cm³/mol. The number of para-hydroxylation sites is 2. The fourth-order valence-electron chi connectivity index (χ4n) is 3.81. The average molecular weight is 580 g/mol. The Morgan fingerprint density at radius 2 is 1.62 bits per heavy atom. The number of nitrogens with one attached hydrogen (secondary N) is 1. The number of aromatic nitrogens is 2. The molecule has 2 N–H and O–H groups in total. The van der Waals surface area contributed by atoms with Crippen LogP contribution in [0.4, 0.5) is 24.8 Å². The molecule has 0 spiro atoms. The Morgan fingerprint density at radius 3 is 2.16 bits per heavy atom. The highest BCUT2D eigenvalue weighted by Gasteiger charge is 2.38. The van der Waals surface area contributed by atoms with Crippen molar-refractivity contribution in [3.8, 4) is 0 Å². The Balaban J connectivity index is 0.000000405. The molecular weight excluding hydrogens is 555 g/mol. The zero-order valence-corrected chi connectivity index (χ0v) is 21.5. The summed E-state index contributed by atoms with van der Waals surface area (Å²) in [4.78, 5) is 35.8. The molecule has 12 heteroatoms. The molecule has 196 valence electrons. The standard InChI is InChI=1S/C23H24BrN5O.C2HF3O2/c1-15-6-9-17(18(24)14-15)23(30)29-12-10-28(11-13-29)22-21(25-16-7-8-16)26-19-4-2-3-5-20(19)27-22;3-2(4,5)1(6)7/h2-6,9,14,16H,7-8,10-13H2,1H3,(H,25,26);(H,6,7). The molecule has 2 aromatic carbocycles. The molecule has 2 fully saturated rings. The number of anilines is 2. The van der Waals surface area contributed by atoms with E-state index < -0.39 is 12.1 Å². The van der Waals surface area contributed by atoms with Crippen LogP contribution >= 0.6 is 15.9 Å². The molecule has 3 aromatic rings. The maximum atomic E-state index is 13.0. The van der Waals surface area contributed by atoms with Gasteiger partial charge >= 0.3 is 12.1 Å². The second-order valence-electron chi connectivity index (χ2n) is 8.87. The number of carboxylic acid groups (broad SMARTS) is 1. The van der Waals surface area contributed by atoms with E-state index in [9.17, 15) is 18.0 Å². The number of rotatable bonds is 4. The number of alkyl halides is 3. The van der Waals surface area contributed by atoms with E-state index in [0.29, 0.717) is 19.1 Å². The number of amides is 1. The monoisotopic (exact) mass is 579 g/mol. The number of carbonyl (C=O) groups is 2. The number of carboxylic acids is 1. The molecule has 1 aliphatic carbocycles. The molecule has 2 aliphatic rings. The van der Waals surface area contributed by atoms with Gasteiger partial charge in [-0.05, 0) is 65.5 Å². The van der Waals surface area contributed by atoms with E-state index in [-0.39, 0.29) is 5.91 Å². The van der Waals surface area contributed by atoms with Crippen molar-refractivity contribution in [1.82, 2.24) is 14.9 Å². The van der Waals surface area contributed by atoms with Gasteiger partial charge in [-0.15, -0.1) is 0 Å². The molecule has 1 aliphatic heterocycles. The van der Waals surface area contributed by atoms with Crippen molar-refractivity contribution in [2.75, 3.05) is 36.4 Å². The Kier molecular flexibility index (Phi) is 7.86. The zero-order valence-electron chi connectivity index (χ0n) is 19.9. The van der Waals surface area contributed by atoms with Gasteiger partial charge in [-0.1, -0.05) is 18.2 Å². The molecule has 0 radical (unpaired) electrons. The summed E-state index contributed by atoms with van der Waals surface area (Å²) in [6.45, 7) is 4.83. The fraction of sp³-hybridized carbons (Fsp3) is 0.360. The number of carbonyl (C=O) groups excluding carboxylic acids is 1. The first-order chi connectivity index (χ1) is 17.5. The lowest BCUT2D eigenvalue weighted by molar-refractivity contribution is -0.192. The quantitative estimate of drug-likeness (QED) is 0.455. The fourth-order valence-corrected chi connectivity index (χ4v) is 4.48. The molecule has 2 heterocycles. The second kappa shape index (κ2) is 10.9. The summed E-state index contributed by atoms with van der Waals surface area (Å²) in [6.07, 6.45) is -2.72. The minimum absolute atomic E-state index is 0.0717. The van der Waals surface area contributed by atoms with Gasteiger partial charge in [0.1, 0.15) is 0 Å². The van der Waals surface area contributed by atoms with Gasteiger partial charge in [0.15, 0.2) is 11.6 Å². The minimum atomic E-state index is -5.08. The first kappa shape index (κ1) is 26.6. The van der Waals surface area contributed by atoms with Crippen molar-refractivity contribution in [1.29, 1.82) is 0 Å². The largest absolute Gasteiger partial charge is 0.490 e. The van der Waals surface area contributed by atoms with E-state index in [1.807, 2.05) is 54.3 Å². The third kappa shape index (κ3) is 6.68. The van der Waals surface area contributed by atoms with E-state index >= 15 is 0 Å². The third-order valence-electron chi connectivity index (χ3n) is 5.93. The van der Waals surface area contributed by atoms with Crippen molar-refractivity contribution in [2.24, 2.45) is 0 Å². The molecule has 1 amide bonds. The Hall–Kier alpha value is -3.41. The number of hydrogen-bond acceptors (Lipinski definition) is 6.